The van der Waals surface area contributed by atoms with Gasteiger partial charge in [0.1, 0.15) is 6.04 Å². The van der Waals surface area contributed by atoms with Crippen molar-refractivity contribution in [2.24, 2.45) is 11.7 Å². The molecule has 1 unspecified atom stereocenters. The van der Waals surface area contributed by atoms with Crippen molar-refractivity contribution in [1.82, 2.24) is 9.55 Å². The van der Waals surface area contributed by atoms with Gasteiger partial charge in [-0.15, -0.1) is 0 Å². The first-order valence-corrected chi connectivity index (χ1v) is 6.51. The summed E-state index contributed by atoms with van der Waals surface area (Å²) in [5.41, 5.74) is 6.12. The number of aryl methyl sites for hydroxylation is 1. The molecule has 1 amide bonds. The molecule has 0 aliphatic rings. The zero-order valence-electron chi connectivity index (χ0n) is 10.6. The molecule has 1 aromatic rings. The maximum absolute atomic E-state index is 11.5. The Morgan fingerprint density at radius 1 is 1.56 bits per heavy atom. The largest absolute Gasteiger partial charge is 0.481 e. The first-order valence-electron chi connectivity index (χ1n) is 5.52. The van der Waals surface area contributed by atoms with E-state index in [0.29, 0.717) is 5.16 Å². The number of carbonyl (C=O) groups excluding carboxylic acids is 1. The first kappa shape index (κ1) is 14.6. The van der Waals surface area contributed by atoms with E-state index in [1.165, 1.54) is 0 Å². The highest BCUT2D eigenvalue weighted by molar-refractivity contribution is 7.99. The molecule has 0 aliphatic carbocycles. The van der Waals surface area contributed by atoms with Gasteiger partial charge in [-0.25, -0.2) is 4.98 Å². The van der Waals surface area contributed by atoms with E-state index >= 15 is 0 Å². The Labute approximate surface area is 110 Å². The van der Waals surface area contributed by atoms with Gasteiger partial charge in [0.05, 0.1) is 11.4 Å². The van der Waals surface area contributed by atoms with Crippen molar-refractivity contribution < 1.29 is 14.7 Å². The smallest absolute Gasteiger partial charge is 0.313 e. The number of carbonyl (C=O) groups is 2. The van der Waals surface area contributed by atoms with Crippen molar-refractivity contribution >= 4 is 23.6 Å². The fourth-order valence-corrected chi connectivity index (χ4v) is 2.49. The van der Waals surface area contributed by atoms with Crippen LogP contribution in [0.25, 0.3) is 0 Å². The summed E-state index contributed by atoms with van der Waals surface area (Å²) >= 11 is 1.08. The second kappa shape index (κ2) is 5.90. The van der Waals surface area contributed by atoms with Gasteiger partial charge >= 0.3 is 5.97 Å². The summed E-state index contributed by atoms with van der Waals surface area (Å²) in [6.45, 7) is 5.56. The lowest BCUT2D eigenvalue weighted by atomic mass is 10.0. The Bertz CT molecular complexity index is 456. The van der Waals surface area contributed by atoms with E-state index in [4.69, 9.17) is 10.8 Å². The average Bonchev–Trinajstić information content (AvgIpc) is 2.55. The molecule has 1 aromatic heterocycles. The molecule has 0 saturated heterocycles. The van der Waals surface area contributed by atoms with Gasteiger partial charge in [0.15, 0.2) is 5.16 Å². The molecule has 0 fully saturated rings. The molecule has 7 heteroatoms. The molecular weight excluding hydrogens is 254 g/mol. The van der Waals surface area contributed by atoms with Gasteiger partial charge in [0, 0.05) is 6.20 Å². The molecule has 100 valence electrons. The normalized spacial score (nSPS) is 12.7. The number of imidazole rings is 1. The summed E-state index contributed by atoms with van der Waals surface area (Å²) in [5.74, 6) is -1.45. The maximum atomic E-state index is 11.5. The summed E-state index contributed by atoms with van der Waals surface area (Å²) in [7, 11) is 0. The minimum atomic E-state index is -0.924. The van der Waals surface area contributed by atoms with Crippen LogP contribution in [0.4, 0.5) is 0 Å². The van der Waals surface area contributed by atoms with Crippen LogP contribution in [0.15, 0.2) is 11.4 Å². The first-order chi connectivity index (χ1) is 8.32. The van der Waals surface area contributed by atoms with Crippen LogP contribution in [0, 0.1) is 12.8 Å². The number of carboxylic acid groups (broad SMARTS) is 1. The molecule has 1 atom stereocenters. The molecule has 0 spiro atoms. The molecule has 0 aromatic carbocycles. The molecule has 0 bridgehead atoms. The topological polar surface area (TPSA) is 98.2 Å². The van der Waals surface area contributed by atoms with Gasteiger partial charge in [-0.2, -0.15) is 0 Å². The predicted octanol–water partition coefficient (Wildman–Crippen LogP) is 1.05. The van der Waals surface area contributed by atoms with Gasteiger partial charge in [-0.1, -0.05) is 25.6 Å². The van der Waals surface area contributed by atoms with E-state index in [2.05, 4.69) is 4.98 Å². The Morgan fingerprint density at radius 3 is 2.61 bits per heavy atom. The van der Waals surface area contributed by atoms with Crippen LogP contribution in [0.2, 0.25) is 0 Å². The number of aliphatic carboxylic acids is 1. The summed E-state index contributed by atoms with van der Waals surface area (Å²) in [4.78, 5) is 26.3. The number of nitrogens with zero attached hydrogens (tertiary/aromatic N) is 2. The van der Waals surface area contributed by atoms with E-state index in [1.807, 2.05) is 13.8 Å². The Hall–Kier alpha value is -1.50. The van der Waals surface area contributed by atoms with Gasteiger partial charge in [0.25, 0.3) is 0 Å². The van der Waals surface area contributed by atoms with E-state index in [-0.39, 0.29) is 11.7 Å². The van der Waals surface area contributed by atoms with Crippen LogP contribution < -0.4 is 5.73 Å². The fraction of sp³-hybridized carbons (Fsp3) is 0.545. The number of aromatic nitrogens is 2. The van der Waals surface area contributed by atoms with E-state index in [1.54, 1.807) is 17.7 Å². The van der Waals surface area contributed by atoms with Crippen LogP contribution in [0.3, 0.4) is 0 Å². The minimum Gasteiger partial charge on any atom is -0.481 e. The highest BCUT2D eigenvalue weighted by Crippen LogP contribution is 2.26. The van der Waals surface area contributed by atoms with Gasteiger partial charge < -0.3 is 15.4 Å². The van der Waals surface area contributed by atoms with Crippen molar-refractivity contribution in [2.45, 2.75) is 32.0 Å². The third-order valence-corrected chi connectivity index (χ3v) is 3.32. The van der Waals surface area contributed by atoms with E-state index < -0.39 is 17.9 Å². The number of carboxylic acids is 1. The van der Waals surface area contributed by atoms with Crippen LogP contribution in [-0.2, 0) is 9.59 Å². The highest BCUT2D eigenvalue weighted by atomic mass is 32.2. The van der Waals surface area contributed by atoms with Gasteiger partial charge in [-0.3, -0.25) is 9.59 Å². The Balaban J connectivity index is 3.05. The number of hydrogen-bond acceptors (Lipinski definition) is 4. The SMILES string of the molecule is Cc1cn(C(C(N)=O)C(C)C)c(SCC(=O)O)n1. The molecule has 1 heterocycles. The second-order valence-corrected chi connectivity index (χ2v) is 5.29. The molecule has 0 aliphatic heterocycles. The zero-order valence-corrected chi connectivity index (χ0v) is 11.4. The quantitative estimate of drug-likeness (QED) is 0.753. The summed E-state index contributed by atoms with van der Waals surface area (Å²) in [5, 5.41) is 9.19. The molecule has 1 rings (SSSR count). The summed E-state index contributed by atoms with van der Waals surface area (Å²) in [6.07, 6.45) is 1.72. The number of rotatable bonds is 6. The molecular formula is C11H17N3O3S. The van der Waals surface area contributed by atoms with Crippen molar-refractivity contribution in [3.63, 3.8) is 0 Å². The van der Waals surface area contributed by atoms with Crippen molar-refractivity contribution in [3.05, 3.63) is 11.9 Å². The number of nitrogens with two attached hydrogens (primary N) is 1. The molecule has 18 heavy (non-hydrogen) atoms. The van der Waals surface area contributed by atoms with Crippen LogP contribution in [0.5, 0.6) is 0 Å². The summed E-state index contributed by atoms with van der Waals surface area (Å²) < 4.78 is 1.66. The van der Waals surface area contributed by atoms with Gasteiger partial charge in [0.2, 0.25) is 5.91 Å². The van der Waals surface area contributed by atoms with E-state index in [0.717, 1.165) is 17.5 Å². The predicted molar refractivity (Wildman–Crippen MR) is 68.4 cm³/mol. The lowest BCUT2D eigenvalue weighted by Crippen LogP contribution is -2.30. The second-order valence-electron chi connectivity index (χ2n) is 4.35. The van der Waals surface area contributed by atoms with Crippen molar-refractivity contribution in [1.29, 1.82) is 0 Å². The average molecular weight is 271 g/mol. The highest BCUT2D eigenvalue weighted by Gasteiger charge is 2.24. The zero-order chi connectivity index (χ0) is 13.9. The number of primary amides is 1. The standard InChI is InChI=1S/C11H17N3O3S/c1-6(2)9(10(12)17)14-4-7(3)13-11(14)18-5-8(15)16/h4,6,9H,5H2,1-3H3,(H2,12,17)(H,15,16). The summed E-state index contributed by atoms with van der Waals surface area (Å²) in [6, 6.07) is -0.512. The number of thioether (sulfide) groups is 1. The number of amides is 1. The Kier molecular flexibility index (Phi) is 4.77. The third kappa shape index (κ3) is 3.49. The van der Waals surface area contributed by atoms with Crippen molar-refractivity contribution in [2.75, 3.05) is 5.75 Å². The van der Waals surface area contributed by atoms with Gasteiger partial charge in [-0.05, 0) is 12.8 Å². The van der Waals surface area contributed by atoms with E-state index in [9.17, 15) is 9.59 Å². The monoisotopic (exact) mass is 271 g/mol. The van der Waals surface area contributed by atoms with Crippen LogP contribution >= 0.6 is 11.8 Å². The molecule has 6 nitrogen and oxygen atoms in total. The molecule has 0 radical (unpaired) electrons. The third-order valence-electron chi connectivity index (χ3n) is 2.37. The Morgan fingerprint density at radius 2 is 2.17 bits per heavy atom. The lowest BCUT2D eigenvalue weighted by molar-refractivity contribution is -0.133. The fourth-order valence-electron chi connectivity index (χ4n) is 1.71. The number of hydrogen-bond donors (Lipinski definition) is 2. The molecule has 3 N–H and O–H groups in total. The molecule has 0 saturated carbocycles. The maximum Gasteiger partial charge on any atom is 0.313 e. The van der Waals surface area contributed by atoms with Crippen LogP contribution in [-0.4, -0.2) is 32.3 Å². The lowest BCUT2D eigenvalue weighted by Gasteiger charge is -2.20. The van der Waals surface area contributed by atoms with Crippen molar-refractivity contribution in [3.8, 4) is 0 Å². The minimum absolute atomic E-state index is 0.0141. The van der Waals surface area contributed by atoms with Crippen LogP contribution in [0.1, 0.15) is 25.6 Å².